The second kappa shape index (κ2) is 8.19. The summed E-state index contributed by atoms with van der Waals surface area (Å²) in [6.45, 7) is 6.34. The van der Waals surface area contributed by atoms with Crippen LogP contribution < -0.4 is 16.6 Å². The lowest BCUT2D eigenvalue weighted by atomic mass is 10.3. The van der Waals surface area contributed by atoms with Gasteiger partial charge in [0, 0.05) is 18.7 Å². The second-order valence-electron chi connectivity index (χ2n) is 4.62. The molecule has 0 atom stereocenters. The Kier molecular flexibility index (Phi) is 6.90. The Balaban J connectivity index is 2.44. The van der Waals surface area contributed by atoms with E-state index in [9.17, 15) is 0 Å². The summed E-state index contributed by atoms with van der Waals surface area (Å²) >= 11 is 1.49. The predicted molar refractivity (Wildman–Crippen MR) is 82.5 cm³/mol. The standard InChI is InChI=1S/C12H24N6S/c1-9(2)18(3)7-5-6-14-10-8-11(17-13)16-12(15-10)19-4/h8-9H,5-7,13H2,1-4H3,(H2,14,15,16,17). The molecule has 0 saturated heterocycles. The summed E-state index contributed by atoms with van der Waals surface area (Å²) in [5, 5.41) is 4.01. The van der Waals surface area contributed by atoms with Gasteiger partial charge in [-0.3, -0.25) is 0 Å². The average molecular weight is 284 g/mol. The molecule has 0 aliphatic rings. The van der Waals surface area contributed by atoms with E-state index >= 15 is 0 Å². The van der Waals surface area contributed by atoms with Crippen molar-refractivity contribution in [3.05, 3.63) is 6.07 Å². The zero-order valence-electron chi connectivity index (χ0n) is 12.1. The highest BCUT2D eigenvalue weighted by Gasteiger charge is 2.04. The number of nitrogens with one attached hydrogen (secondary N) is 2. The Morgan fingerprint density at radius 2 is 2.05 bits per heavy atom. The largest absolute Gasteiger partial charge is 0.370 e. The lowest BCUT2D eigenvalue weighted by Crippen LogP contribution is -2.28. The molecule has 1 rings (SSSR count). The molecule has 0 radical (unpaired) electrons. The molecule has 1 aromatic rings. The predicted octanol–water partition coefficient (Wildman–Crippen LogP) is 1.63. The van der Waals surface area contributed by atoms with Gasteiger partial charge in [-0.15, -0.1) is 0 Å². The van der Waals surface area contributed by atoms with E-state index in [1.165, 1.54) is 11.8 Å². The highest BCUT2D eigenvalue weighted by atomic mass is 32.2. The zero-order valence-corrected chi connectivity index (χ0v) is 12.9. The van der Waals surface area contributed by atoms with Gasteiger partial charge in [0.05, 0.1) is 0 Å². The third kappa shape index (κ3) is 5.63. The first-order valence-electron chi connectivity index (χ1n) is 6.40. The molecule has 1 heterocycles. The van der Waals surface area contributed by atoms with Crippen LogP contribution in [0.5, 0.6) is 0 Å². The molecule has 7 heteroatoms. The average Bonchev–Trinajstić information content (AvgIpc) is 2.42. The van der Waals surface area contributed by atoms with Crippen molar-refractivity contribution in [2.45, 2.75) is 31.5 Å². The first kappa shape index (κ1) is 16.0. The fraction of sp³-hybridized carbons (Fsp3) is 0.667. The summed E-state index contributed by atoms with van der Waals surface area (Å²) in [5.74, 6) is 6.82. The summed E-state index contributed by atoms with van der Waals surface area (Å²) in [7, 11) is 2.14. The maximum Gasteiger partial charge on any atom is 0.191 e. The van der Waals surface area contributed by atoms with E-state index in [2.05, 4.69) is 46.5 Å². The Bertz CT molecular complexity index is 362. The smallest absolute Gasteiger partial charge is 0.191 e. The van der Waals surface area contributed by atoms with Gasteiger partial charge >= 0.3 is 0 Å². The van der Waals surface area contributed by atoms with Crippen molar-refractivity contribution in [3.63, 3.8) is 0 Å². The normalized spacial score (nSPS) is 11.1. The van der Waals surface area contributed by atoms with Gasteiger partial charge in [-0.25, -0.2) is 15.8 Å². The molecule has 0 spiro atoms. The number of anilines is 2. The third-order valence-electron chi connectivity index (χ3n) is 2.91. The monoisotopic (exact) mass is 284 g/mol. The Morgan fingerprint density at radius 3 is 2.63 bits per heavy atom. The Hall–Kier alpha value is -1.05. The van der Waals surface area contributed by atoms with Crippen LogP contribution in [0.4, 0.5) is 11.6 Å². The summed E-state index contributed by atoms with van der Waals surface area (Å²) in [4.78, 5) is 10.9. The van der Waals surface area contributed by atoms with E-state index in [4.69, 9.17) is 5.84 Å². The third-order valence-corrected chi connectivity index (χ3v) is 3.46. The highest BCUT2D eigenvalue weighted by molar-refractivity contribution is 7.98. The first-order chi connectivity index (χ1) is 9.06. The minimum Gasteiger partial charge on any atom is -0.370 e. The molecule has 0 fully saturated rings. The van der Waals surface area contributed by atoms with Gasteiger partial charge in [0.15, 0.2) is 5.16 Å². The number of rotatable bonds is 8. The van der Waals surface area contributed by atoms with Crippen molar-refractivity contribution >= 4 is 23.4 Å². The minimum absolute atomic E-state index is 0.579. The number of nitrogens with zero attached hydrogens (tertiary/aromatic N) is 3. The summed E-state index contributed by atoms with van der Waals surface area (Å²) < 4.78 is 0. The molecule has 108 valence electrons. The molecule has 0 aliphatic carbocycles. The van der Waals surface area contributed by atoms with Crippen molar-refractivity contribution in [2.75, 3.05) is 37.1 Å². The van der Waals surface area contributed by atoms with Gasteiger partial charge in [0.25, 0.3) is 0 Å². The summed E-state index contributed by atoms with van der Waals surface area (Å²) in [6.07, 6.45) is 3.01. The number of hydrogen-bond donors (Lipinski definition) is 3. The van der Waals surface area contributed by atoms with Crippen molar-refractivity contribution < 1.29 is 0 Å². The highest BCUT2D eigenvalue weighted by Crippen LogP contribution is 2.16. The van der Waals surface area contributed by atoms with Gasteiger partial charge in [-0.2, -0.15) is 0 Å². The van der Waals surface area contributed by atoms with Crippen LogP contribution in [0.3, 0.4) is 0 Å². The number of nitrogen functional groups attached to an aromatic ring is 1. The van der Waals surface area contributed by atoms with Crippen LogP contribution in [-0.2, 0) is 0 Å². The molecule has 4 N–H and O–H groups in total. The molecule has 0 saturated carbocycles. The van der Waals surface area contributed by atoms with Crippen molar-refractivity contribution in [1.82, 2.24) is 14.9 Å². The van der Waals surface area contributed by atoms with E-state index in [1.54, 1.807) is 0 Å². The quantitative estimate of drug-likeness (QED) is 0.220. The van der Waals surface area contributed by atoms with Crippen LogP contribution in [0.25, 0.3) is 0 Å². The molecular formula is C12H24N6S. The second-order valence-corrected chi connectivity index (χ2v) is 5.40. The number of nitrogens with two attached hydrogens (primary N) is 1. The van der Waals surface area contributed by atoms with Crippen molar-refractivity contribution in [2.24, 2.45) is 5.84 Å². The van der Waals surface area contributed by atoms with Gasteiger partial charge in [-0.1, -0.05) is 11.8 Å². The van der Waals surface area contributed by atoms with Crippen LogP contribution in [0.2, 0.25) is 0 Å². The fourth-order valence-electron chi connectivity index (χ4n) is 1.48. The van der Waals surface area contributed by atoms with Crippen molar-refractivity contribution in [1.29, 1.82) is 0 Å². The molecule has 6 nitrogen and oxygen atoms in total. The van der Waals surface area contributed by atoms with Crippen LogP contribution in [-0.4, -0.2) is 47.3 Å². The molecule has 0 unspecified atom stereocenters. The first-order valence-corrected chi connectivity index (χ1v) is 7.63. The SMILES string of the molecule is CSc1nc(NN)cc(NCCCN(C)C(C)C)n1. The lowest BCUT2D eigenvalue weighted by molar-refractivity contribution is 0.273. The zero-order chi connectivity index (χ0) is 14.3. The Labute approximate surface area is 119 Å². The van der Waals surface area contributed by atoms with Gasteiger partial charge in [0.1, 0.15) is 11.6 Å². The topological polar surface area (TPSA) is 79.1 Å². The lowest BCUT2D eigenvalue weighted by Gasteiger charge is -2.20. The van der Waals surface area contributed by atoms with Crippen molar-refractivity contribution in [3.8, 4) is 0 Å². The number of hydrogen-bond acceptors (Lipinski definition) is 7. The fourth-order valence-corrected chi connectivity index (χ4v) is 1.86. The molecule has 0 bridgehead atoms. The maximum atomic E-state index is 5.39. The molecular weight excluding hydrogens is 260 g/mol. The molecule has 0 amide bonds. The van der Waals surface area contributed by atoms with Crippen LogP contribution in [0, 0.1) is 0 Å². The Morgan fingerprint density at radius 1 is 1.37 bits per heavy atom. The molecule has 0 aliphatic heterocycles. The van der Waals surface area contributed by atoms with E-state index in [-0.39, 0.29) is 0 Å². The number of thioether (sulfide) groups is 1. The van der Waals surface area contributed by atoms with Gasteiger partial charge in [0.2, 0.25) is 0 Å². The maximum absolute atomic E-state index is 5.39. The van der Waals surface area contributed by atoms with Crippen LogP contribution >= 0.6 is 11.8 Å². The van der Waals surface area contributed by atoms with Gasteiger partial charge in [-0.05, 0) is 40.1 Å². The van der Waals surface area contributed by atoms with Gasteiger partial charge < -0.3 is 15.6 Å². The summed E-state index contributed by atoms with van der Waals surface area (Å²) in [6, 6.07) is 2.39. The van der Waals surface area contributed by atoms with Crippen LogP contribution in [0.1, 0.15) is 20.3 Å². The van der Waals surface area contributed by atoms with E-state index in [1.807, 2.05) is 12.3 Å². The number of hydrazine groups is 1. The summed E-state index contributed by atoms with van der Waals surface area (Å²) in [5.41, 5.74) is 2.55. The van der Waals surface area contributed by atoms with Crippen LogP contribution in [0.15, 0.2) is 11.2 Å². The molecule has 1 aromatic heterocycles. The van der Waals surface area contributed by atoms with E-state index in [0.717, 1.165) is 25.3 Å². The van der Waals surface area contributed by atoms with E-state index < -0.39 is 0 Å². The molecule has 0 aromatic carbocycles. The van der Waals surface area contributed by atoms with E-state index in [0.29, 0.717) is 17.0 Å². The number of aromatic nitrogens is 2. The molecule has 19 heavy (non-hydrogen) atoms. The minimum atomic E-state index is 0.579.